The van der Waals surface area contributed by atoms with Gasteiger partial charge in [-0.2, -0.15) is 0 Å². The molecule has 0 amide bonds. The van der Waals surface area contributed by atoms with Gasteiger partial charge in [-0.05, 0) is 12.8 Å². The van der Waals surface area contributed by atoms with Crippen LogP contribution in [0, 0.1) is 0 Å². The molecule has 1 aliphatic heterocycles. The molecule has 1 fully saturated rings. The molecule has 0 unspecified atom stereocenters. The van der Waals surface area contributed by atoms with Crippen molar-refractivity contribution in [3.05, 3.63) is 0 Å². The zero-order chi connectivity index (χ0) is 32.2. The van der Waals surface area contributed by atoms with E-state index < -0.39 is 86.6 Å². The van der Waals surface area contributed by atoms with Crippen LogP contribution in [0.2, 0.25) is 0 Å². The van der Waals surface area contributed by atoms with Gasteiger partial charge in [0.05, 0.1) is 13.2 Å². The Hall–Kier alpha value is -2.32. The SMILES string of the molecule is CCCCCCCC(=O)O[C@@H]1[C@H](OC(=O)CCCCCCC)[C@H](OC[C@@H](O)[C@H](O)CO)O[C@H](COC(C)=O)[C@H]1OC(C)=O. The molecule has 0 aromatic rings. The van der Waals surface area contributed by atoms with Gasteiger partial charge in [0.25, 0.3) is 0 Å². The molecule has 0 radical (unpaired) electrons. The van der Waals surface area contributed by atoms with Crippen molar-refractivity contribution in [1.82, 2.24) is 0 Å². The van der Waals surface area contributed by atoms with E-state index in [4.69, 9.17) is 28.4 Å². The summed E-state index contributed by atoms with van der Waals surface area (Å²) in [5, 5.41) is 29.1. The van der Waals surface area contributed by atoms with Crippen LogP contribution in [0.5, 0.6) is 0 Å². The maximum atomic E-state index is 13.0. The fourth-order valence-electron chi connectivity index (χ4n) is 4.53. The lowest BCUT2D eigenvalue weighted by Crippen LogP contribution is -2.63. The van der Waals surface area contributed by atoms with E-state index in [0.717, 1.165) is 58.3 Å². The van der Waals surface area contributed by atoms with Crippen molar-refractivity contribution in [2.24, 2.45) is 0 Å². The Morgan fingerprint density at radius 3 is 1.72 bits per heavy atom. The Labute approximate surface area is 254 Å². The second-order valence-electron chi connectivity index (χ2n) is 10.8. The monoisotopic (exact) mass is 620 g/mol. The number of carbonyl (C=O) groups excluding carboxylic acids is 4. The summed E-state index contributed by atoms with van der Waals surface area (Å²) in [4.78, 5) is 49.6. The van der Waals surface area contributed by atoms with Crippen molar-refractivity contribution in [1.29, 1.82) is 0 Å². The molecule has 13 heteroatoms. The number of rotatable bonds is 22. The molecule has 13 nitrogen and oxygen atoms in total. The minimum atomic E-state index is -1.54. The predicted molar refractivity (Wildman–Crippen MR) is 152 cm³/mol. The van der Waals surface area contributed by atoms with Crippen molar-refractivity contribution in [3.8, 4) is 0 Å². The molecule has 3 N–H and O–H groups in total. The smallest absolute Gasteiger partial charge is 0.306 e. The van der Waals surface area contributed by atoms with Gasteiger partial charge in [-0.1, -0.05) is 65.2 Å². The highest BCUT2D eigenvalue weighted by Gasteiger charge is 2.53. The first-order chi connectivity index (χ1) is 20.5. The van der Waals surface area contributed by atoms with Crippen LogP contribution in [0.4, 0.5) is 0 Å². The van der Waals surface area contributed by atoms with Gasteiger partial charge in [0, 0.05) is 26.7 Å². The van der Waals surface area contributed by atoms with Crippen molar-refractivity contribution >= 4 is 23.9 Å². The molecule has 0 saturated carbocycles. The van der Waals surface area contributed by atoms with E-state index in [0.29, 0.717) is 12.8 Å². The third-order valence-corrected chi connectivity index (χ3v) is 6.91. The van der Waals surface area contributed by atoms with Crippen LogP contribution >= 0.6 is 0 Å². The second kappa shape index (κ2) is 22.2. The van der Waals surface area contributed by atoms with Gasteiger partial charge < -0.3 is 43.7 Å². The molecule has 250 valence electrons. The van der Waals surface area contributed by atoms with Gasteiger partial charge >= 0.3 is 23.9 Å². The van der Waals surface area contributed by atoms with Crippen molar-refractivity contribution < 1.29 is 62.9 Å². The van der Waals surface area contributed by atoms with Crippen LogP contribution < -0.4 is 0 Å². The number of hydrogen-bond acceptors (Lipinski definition) is 13. The van der Waals surface area contributed by atoms with E-state index >= 15 is 0 Å². The van der Waals surface area contributed by atoms with Gasteiger partial charge in [-0.25, -0.2) is 0 Å². The van der Waals surface area contributed by atoms with Gasteiger partial charge in [0.2, 0.25) is 0 Å². The molecule has 0 bridgehead atoms. The largest absolute Gasteiger partial charge is 0.463 e. The van der Waals surface area contributed by atoms with E-state index in [1.165, 1.54) is 6.92 Å². The van der Waals surface area contributed by atoms with Crippen LogP contribution in [0.3, 0.4) is 0 Å². The molecule has 1 heterocycles. The van der Waals surface area contributed by atoms with Crippen molar-refractivity contribution in [2.45, 2.75) is 148 Å². The number of unbranched alkanes of at least 4 members (excludes halogenated alkanes) is 8. The highest BCUT2D eigenvalue weighted by molar-refractivity contribution is 5.71. The molecule has 43 heavy (non-hydrogen) atoms. The van der Waals surface area contributed by atoms with Crippen LogP contribution in [0.15, 0.2) is 0 Å². The molecule has 1 aliphatic rings. The lowest BCUT2D eigenvalue weighted by molar-refractivity contribution is -0.312. The standard InChI is InChI=1S/C30H52O13/c1-5-7-9-11-13-15-25(36)42-28-27(40-21(4)33)24(19-38-20(3)32)41-30(39-18-23(35)22(34)17-31)29(28)43-26(37)16-14-12-10-8-6-2/h22-24,27-31,34-35H,5-19H2,1-4H3/t22-,23-,24-,27-,28+,29+,30-/m1/s1. The normalized spacial score (nSPS) is 23.2. The Kier molecular flexibility index (Phi) is 20.0. The lowest BCUT2D eigenvalue weighted by atomic mass is 9.97. The summed E-state index contributed by atoms with van der Waals surface area (Å²) in [6, 6.07) is 0. The zero-order valence-corrected chi connectivity index (χ0v) is 26.1. The van der Waals surface area contributed by atoms with E-state index in [-0.39, 0.29) is 12.8 Å². The van der Waals surface area contributed by atoms with Gasteiger partial charge in [0.1, 0.15) is 24.9 Å². The molecule has 0 spiro atoms. The second-order valence-corrected chi connectivity index (χ2v) is 10.8. The summed E-state index contributed by atoms with van der Waals surface area (Å²) in [5.41, 5.74) is 0. The molecule has 7 atom stereocenters. The lowest BCUT2D eigenvalue weighted by Gasteiger charge is -2.44. The number of carbonyl (C=O) groups is 4. The van der Waals surface area contributed by atoms with Gasteiger partial charge in [0.15, 0.2) is 24.6 Å². The third kappa shape index (κ3) is 15.8. The van der Waals surface area contributed by atoms with Gasteiger partial charge in [-0.15, -0.1) is 0 Å². The first-order valence-corrected chi connectivity index (χ1v) is 15.5. The Bertz CT molecular complexity index is 820. The summed E-state index contributed by atoms with van der Waals surface area (Å²) >= 11 is 0. The highest BCUT2D eigenvalue weighted by Crippen LogP contribution is 2.31. The average molecular weight is 621 g/mol. The Morgan fingerprint density at radius 2 is 1.23 bits per heavy atom. The van der Waals surface area contributed by atoms with E-state index in [2.05, 4.69) is 13.8 Å². The van der Waals surface area contributed by atoms with E-state index in [9.17, 15) is 34.5 Å². The fraction of sp³-hybridized carbons (Fsp3) is 0.867. The summed E-state index contributed by atoms with van der Waals surface area (Å²) in [7, 11) is 0. The van der Waals surface area contributed by atoms with Crippen LogP contribution in [0.25, 0.3) is 0 Å². The van der Waals surface area contributed by atoms with Crippen molar-refractivity contribution in [3.63, 3.8) is 0 Å². The average Bonchev–Trinajstić information content (AvgIpc) is 2.96. The number of aliphatic hydroxyl groups excluding tert-OH is 3. The Morgan fingerprint density at radius 1 is 0.698 bits per heavy atom. The maximum Gasteiger partial charge on any atom is 0.306 e. The summed E-state index contributed by atoms with van der Waals surface area (Å²) in [5.74, 6) is -2.65. The third-order valence-electron chi connectivity index (χ3n) is 6.91. The zero-order valence-electron chi connectivity index (χ0n) is 26.1. The Balaban J connectivity index is 3.30. The summed E-state index contributed by atoms with van der Waals surface area (Å²) in [6.07, 6.45) is -1.01. The summed E-state index contributed by atoms with van der Waals surface area (Å²) < 4.78 is 33.7. The first-order valence-electron chi connectivity index (χ1n) is 15.5. The van der Waals surface area contributed by atoms with Gasteiger partial charge in [-0.3, -0.25) is 19.2 Å². The highest BCUT2D eigenvalue weighted by atomic mass is 16.7. The molecule has 0 aromatic carbocycles. The molecule has 1 rings (SSSR count). The molecular formula is C30H52O13. The van der Waals surface area contributed by atoms with Crippen molar-refractivity contribution in [2.75, 3.05) is 19.8 Å². The molecule has 1 saturated heterocycles. The minimum Gasteiger partial charge on any atom is -0.463 e. The number of hydrogen-bond donors (Lipinski definition) is 3. The topological polar surface area (TPSA) is 184 Å². The maximum absolute atomic E-state index is 13.0. The minimum absolute atomic E-state index is 0.0615. The van der Waals surface area contributed by atoms with E-state index in [1.54, 1.807) is 0 Å². The fourth-order valence-corrected chi connectivity index (χ4v) is 4.53. The number of aliphatic hydroxyl groups is 3. The first kappa shape index (κ1) is 38.7. The van der Waals surface area contributed by atoms with Crippen LogP contribution in [0.1, 0.15) is 105 Å². The predicted octanol–water partition coefficient (Wildman–Crippen LogP) is 2.48. The molecule has 0 aliphatic carbocycles. The summed E-state index contributed by atoms with van der Waals surface area (Å²) in [6.45, 7) is 4.75. The van der Waals surface area contributed by atoms with Crippen LogP contribution in [-0.4, -0.2) is 102 Å². The molecular weight excluding hydrogens is 568 g/mol. The molecule has 0 aromatic heterocycles. The number of esters is 4. The quantitative estimate of drug-likeness (QED) is 0.0912. The van der Waals surface area contributed by atoms with Crippen LogP contribution in [-0.2, 0) is 47.6 Å². The number of ether oxygens (including phenoxy) is 6. The van der Waals surface area contributed by atoms with E-state index in [1.807, 2.05) is 0 Å².